The number of phenolic OH excluding ortho intramolecular Hbond substituents is 1. The maximum atomic E-state index is 10.0. The number of hydrogen-bond donors (Lipinski definition) is 1. The number of nitrogens with zero attached hydrogens (tertiary/aromatic N) is 4. The first kappa shape index (κ1) is 20.8. The second-order valence-corrected chi connectivity index (χ2v) is 8.99. The van der Waals surface area contributed by atoms with E-state index in [1.165, 1.54) is 0 Å². The molecular formula is C25H28N4O2S. The topological polar surface area (TPSA) is 53.2 Å². The molecule has 1 fully saturated rings. The lowest BCUT2D eigenvalue weighted by atomic mass is 10.1. The van der Waals surface area contributed by atoms with E-state index in [1.54, 1.807) is 17.4 Å². The highest BCUT2D eigenvalue weighted by Crippen LogP contribution is 2.27. The lowest BCUT2D eigenvalue weighted by Crippen LogP contribution is -2.46. The van der Waals surface area contributed by atoms with Crippen molar-refractivity contribution in [2.45, 2.75) is 12.8 Å². The molecule has 1 aliphatic heterocycles. The minimum atomic E-state index is 0.371. The van der Waals surface area contributed by atoms with Gasteiger partial charge >= 0.3 is 0 Å². The zero-order chi connectivity index (χ0) is 21.8. The molecule has 0 aliphatic carbocycles. The molecule has 2 aromatic heterocycles. The molecule has 5 rings (SSSR count). The Kier molecular flexibility index (Phi) is 6.27. The minimum Gasteiger partial charge on any atom is -0.506 e. The van der Waals surface area contributed by atoms with Crippen LogP contribution in [0.2, 0.25) is 0 Å². The van der Waals surface area contributed by atoms with E-state index < -0.39 is 0 Å². The number of fused-ring (bicyclic) bond motifs is 1. The molecule has 166 valence electrons. The van der Waals surface area contributed by atoms with Crippen LogP contribution in [0, 0.1) is 0 Å². The summed E-state index contributed by atoms with van der Waals surface area (Å²) in [6.45, 7) is 5.79. The zero-order valence-electron chi connectivity index (χ0n) is 18.1. The van der Waals surface area contributed by atoms with Crippen molar-refractivity contribution in [1.29, 1.82) is 0 Å². The molecule has 32 heavy (non-hydrogen) atoms. The molecule has 1 N–H and O–H groups in total. The van der Waals surface area contributed by atoms with E-state index in [9.17, 15) is 5.11 Å². The van der Waals surface area contributed by atoms with Gasteiger partial charge in [0.15, 0.2) is 4.96 Å². The SMILES string of the molecule is Oc1ccccc1N1CCN(CCCCOc2ccc(-c3cn4ccsc4n3)cc2)CC1. The first-order chi connectivity index (χ1) is 15.8. The van der Waals surface area contributed by atoms with Gasteiger partial charge in [0.05, 0.1) is 18.0 Å². The minimum absolute atomic E-state index is 0.371. The highest BCUT2D eigenvalue weighted by molar-refractivity contribution is 7.15. The molecule has 4 aromatic rings. The van der Waals surface area contributed by atoms with Crippen molar-refractivity contribution in [3.05, 3.63) is 66.3 Å². The van der Waals surface area contributed by atoms with Crippen LogP contribution < -0.4 is 9.64 Å². The summed E-state index contributed by atoms with van der Waals surface area (Å²) in [5.74, 6) is 1.28. The molecule has 0 bridgehead atoms. The van der Waals surface area contributed by atoms with Gasteiger partial charge in [-0.25, -0.2) is 4.98 Å². The van der Waals surface area contributed by atoms with Crippen molar-refractivity contribution in [1.82, 2.24) is 14.3 Å². The molecule has 7 heteroatoms. The molecule has 0 atom stereocenters. The van der Waals surface area contributed by atoms with Gasteiger partial charge in [-0.3, -0.25) is 9.30 Å². The van der Waals surface area contributed by atoms with Gasteiger partial charge in [0.2, 0.25) is 0 Å². The monoisotopic (exact) mass is 448 g/mol. The van der Waals surface area contributed by atoms with Crippen molar-refractivity contribution in [2.24, 2.45) is 0 Å². The van der Waals surface area contributed by atoms with Gasteiger partial charge in [0.25, 0.3) is 0 Å². The highest BCUT2D eigenvalue weighted by Gasteiger charge is 2.18. The normalized spacial score (nSPS) is 14.8. The smallest absolute Gasteiger partial charge is 0.194 e. The fourth-order valence-corrected chi connectivity index (χ4v) is 4.86. The van der Waals surface area contributed by atoms with Crippen molar-refractivity contribution in [3.8, 4) is 22.8 Å². The molecule has 2 aromatic carbocycles. The number of benzene rings is 2. The van der Waals surface area contributed by atoms with Crippen molar-refractivity contribution in [3.63, 3.8) is 0 Å². The summed E-state index contributed by atoms with van der Waals surface area (Å²) in [7, 11) is 0. The van der Waals surface area contributed by atoms with Crippen LogP contribution in [0.5, 0.6) is 11.5 Å². The van der Waals surface area contributed by atoms with E-state index in [1.807, 2.05) is 41.9 Å². The molecule has 0 radical (unpaired) electrons. The van der Waals surface area contributed by atoms with Gasteiger partial charge in [-0.05, 0) is 55.8 Å². The number of phenols is 1. The standard InChI is InChI=1S/C25H28N4O2S/c30-24-6-2-1-5-23(24)28-14-12-27(13-15-28)11-3-4-17-31-21-9-7-20(8-10-21)22-19-29-16-18-32-25(29)26-22/h1-2,5-10,16,18-19,30H,3-4,11-15,17H2. The number of aromatic hydroxyl groups is 1. The number of para-hydroxylation sites is 2. The quantitative estimate of drug-likeness (QED) is 0.394. The summed E-state index contributed by atoms with van der Waals surface area (Å²) in [6, 6.07) is 15.8. The van der Waals surface area contributed by atoms with Crippen LogP contribution in [0.4, 0.5) is 5.69 Å². The second-order valence-electron chi connectivity index (χ2n) is 8.12. The Morgan fingerprint density at radius 1 is 0.969 bits per heavy atom. The van der Waals surface area contributed by atoms with Crippen LogP contribution in [0.15, 0.2) is 66.3 Å². The number of rotatable bonds is 8. The van der Waals surface area contributed by atoms with Gasteiger partial charge in [0, 0.05) is 49.5 Å². The Bertz CT molecular complexity index is 1120. The first-order valence-electron chi connectivity index (χ1n) is 11.2. The van der Waals surface area contributed by atoms with Crippen LogP contribution in [-0.2, 0) is 0 Å². The highest BCUT2D eigenvalue weighted by atomic mass is 32.1. The lowest BCUT2D eigenvalue weighted by Gasteiger charge is -2.36. The third kappa shape index (κ3) is 4.74. The molecule has 1 saturated heterocycles. The average Bonchev–Trinajstić information content (AvgIpc) is 3.43. The molecule has 3 heterocycles. The number of hydrogen-bond acceptors (Lipinski definition) is 6. The molecule has 0 unspecified atom stereocenters. The Labute approximate surface area is 192 Å². The molecular weight excluding hydrogens is 420 g/mol. The van der Waals surface area contributed by atoms with Crippen LogP contribution in [0.3, 0.4) is 0 Å². The summed E-state index contributed by atoms with van der Waals surface area (Å²) in [5.41, 5.74) is 3.04. The number of aromatic nitrogens is 2. The van der Waals surface area contributed by atoms with E-state index in [0.717, 1.165) is 79.8 Å². The Morgan fingerprint density at radius 2 is 1.78 bits per heavy atom. The summed E-state index contributed by atoms with van der Waals surface area (Å²) >= 11 is 1.64. The predicted molar refractivity (Wildman–Crippen MR) is 130 cm³/mol. The summed E-state index contributed by atoms with van der Waals surface area (Å²) < 4.78 is 7.99. The Hall–Kier alpha value is -3.03. The van der Waals surface area contributed by atoms with Gasteiger partial charge in [-0.15, -0.1) is 11.3 Å². The summed E-state index contributed by atoms with van der Waals surface area (Å²) in [5, 5.41) is 12.1. The number of anilines is 1. The molecule has 0 saturated carbocycles. The van der Waals surface area contributed by atoms with E-state index in [4.69, 9.17) is 4.74 Å². The largest absolute Gasteiger partial charge is 0.506 e. The third-order valence-electron chi connectivity index (χ3n) is 5.98. The molecule has 6 nitrogen and oxygen atoms in total. The number of piperazine rings is 1. The number of unbranched alkanes of at least 4 members (excludes halogenated alkanes) is 1. The van der Waals surface area contributed by atoms with E-state index in [0.29, 0.717) is 5.75 Å². The fourth-order valence-electron chi connectivity index (χ4n) is 4.16. The maximum absolute atomic E-state index is 10.0. The van der Waals surface area contributed by atoms with Gasteiger partial charge in [-0.1, -0.05) is 12.1 Å². The van der Waals surface area contributed by atoms with Gasteiger partial charge < -0.3 is 14.7 Å². The van der Waals surface area contributed by atoms with Crippen LogP contribution in [-0.4, -0.2) is 58.7 Å². The Morgan fingerprint density at radius 3 is 2.56 bits per heavy atom. The summed E-state index contributed by atoms with van der Waals surface area (Å²) in [6.07, 6.45) is 6.25. The average molecular weight is 449 g/mol. The van der Waals surface area contributed by atoms with Crippen LogP contribution in [0.1, 0.15) is 12.8 Å². The van der Waals surface area contributed by atoms with E-state index in [-0.39, 0.29) is 0 Å². The van der Waals surface area contributed by atoms with Crippen molar-refractivity contribution < 1.29 is 9.84 Å². The summed E-state index contributed by atoms with van der Waals surface area (Å²) in [4.78, 5) is 10.4. The predicted octanol–water partition coefficient (Wildman–Crippen LogP) is 4.75. The zero-order valence-corrected chi connectivity index (χ0v) is 18.9. The van der Waals surface area contributed by atoms with E-state index in [2.05, 4.69) is 37.5 Å². The van der Waals surface area contributed by atoms with Crippen LogP contribution in [0.25, 0.3) is 16.2 Å². The first-order valence-corrected chi connectivity index (χ1v) is 12.0. The third-order valence-corrected chi connectivity index (χ3v) is 6.75. The van der Waals surface area contributed by atoms with Crippen molar-refractivity contribution in [2.75, 3.05) is 44.2 Å². The van der Waals surface area contributed by atoms with Crippen LogP contribution >= 0.6 is 11.3 Å². The van der Waals surface area contributed by atoms with Crippen molar-refractivity contribution >= 4 is 22.0 Å². The molecule has 0 amide bonds. The number of thiazole rings is 1. The maximum Gasteiger partial charge on any atom is 0.194 e. The lowest BCUT2D eigenvalue weighted by molar-refractivity contribution is 0.238. The van der Waals surface area contributed by atoms with E-state index >= 15 is 0 Å². The Balaban J connectivity index is 1.01. The number of imidazole rings is 1. The molecule has 1 aliphatic rings. The van der Waals surface area contributed by atoms with Gasteiger partial charge in [0.1, 0.15) is 11.5 Å². The fraction of sp³-hybridized carbons (Fsp3) is 0.320. The van der Waals surface area contributed by atoms with Gasteiger partial charge in [-0.2, -0.15) is 0 Å². The molecule has 0 spiro atoms. The second kappa shape index (κ2) is 9.63. The number of ether oxygens (including phenoxy) is 1.